The summed E-state index contributed by atoms with van der Waals surface area (Å²) in [5.74, 6) is 0.507. The molecule has 4 nitrogen and oxygen atoms in total. The SMILES string of the molecule is NCCc1ccccc1C(=O)Nc1nc(C2CC2)cs1. The average Bonchev–Trinajstić information content (AvgIpc) is 3.20. The van der Waals surface area contributed by atoms with Gasteiger partial charge >= 0.3 is 0 Å². The largest absolute Gasteiger partial charge is 0.330 e. The van der Waals surface area contributed by atoms with Crippen LogP contribution in [0.2, 0.25) is 0 Å². The number of carbonyl (C=O) groups is 1. The molecule has 1 aliphatic rings. The van der Waals surface area contributed by atoms with Crippen molar-refractivity contribution in [2.24, 2.45) is 5.73 Å². The summed E-state index contributed by atoms with van der Waals surface area (Å²) in [6.07, 6.45) is 3.14. The zero-order chi connectivity index (χ0) is 13.9. The lowest BCUT2D eigenvalue weighted by molar-refractivity contribution is 0.102. The summed E-state index contributed by atoms with van der Waals surface area (Å²) in [6.45, 7) is 0.535. The zero-order valence-corrected chi connectivity index (χ0v) is 12.0. The van der Waals surface area contributed by atoms with Crippen molar-refractivity contribution in [3.05, 3.63) is 46.5 Å². The van der Waals surface area contributed by atoms with Gasteiger partial charge in [-0.25, -0.2) is 4.98 Å². The standard InChI is InChI=1S/C15H17N3OS/c16-8-7-10-3-1-2-4-12(10)14(19)18-15-17-13(9-20-15)11-5-6-11/h1-4,9,11H,5-8,16H2,(H,17,18,19). The number of aromatic nitrogens is 1. The van der Waals surface area contributed by atoms with Crippen LogP contribution < -0.4 is 11.1 Å². The highest BCUT2D eigenvalue weighted by atomic mass is 32.1. The highest BCUT2D eigenvalue weighted by Gasteiger charge is 2.26. The molecule has 0 radical (unpaired) electrons. The minimum atomic E-state index is -0.106. The Bertz CT molecular complexity index is 619. The van der Waals surface area contributed by atoms with Gasteiger partial charge in [0.05, 0.1) is 5.69 Å². The molecule has 2 aromatic rings. The number of rotatable bonds is 5. The first-order valence-electron chi connectivity index (χ1n) is 6.82. The molecule has 1 aromatic heterocycles. The molecule has 0 bridgehead atoms. The van der Waals surface area contributed by atoms with Crippen LogP contribution in [0.15, 0.2) is 29.6 Å². The number of benzene rings is 1. The molecule has 1 fully saturated rings. The van der Waals surface area contributed by atoms with E-state index in [0.29, 0.717) is 29.6 Å². The molecule has 0 atom stereocenters. The third-order valence-corrected chi connectivity index (χ3v) is 4.19. The second kappa shape index (κ2) is 5.73. The Morgan fingerprint density at radius 1 is 1.40 bits per heavy atom. The molecule has 5 heteroatoms. The molecule has 3 N–H and O–H groups in total. The Morgan fingerprint density at radius 3 is 2.95 bits per heavy atom. The maximum absolute atomic E-state index is 12.3. The van der Waals surface area contributed by atoms with Crippen LogP contribution >= 0.6 is 11.3 Å². The molecule has 20 heavy (non-hydrogen) atoms. The summed E-state index contributed by atoms with van der Waals surface area (Å²) >= 11 is 1.49. The van der Waals surface area contributed by atoms with Crippen LogP contribution in [0.25, 0.3) is 0 Å². The number of amides is 1. The molecule has 1 aromatic carbocycles. The Morgan fingerprint density at radius 2 is 2.20 bits per heavy atom. The van der Waals surface area contributed by atoms with Crippen molar-refractivity contribution in [1.29, 1.82) is 0 Å². The van der Waals surface area contributed by atoms with Crippen molar-refractivity contribution < 1.29 is 4.79 Å². The van der Waals surface area contributed by atoms with Gasteiger partial charge in [-0.05, 0) is 37.4 Å². The van der Waals surface area contributed by atoms with Gasteiger partial charge in [0.1, 0.15) is 0 Å². The van der Waals surface area contributed by atoms with Crippen molar-refractivity contribution >= 4 is 22.4 Å². The fourth-order valence-electron chi connectivity index (χ4n) is 2.19. The van der Waals surface area contributed by atoms with E-state index in [9.17, 15) is 4.79 Å². The van der Waals surface area contributed by atoms with Crippen LogP contribution in [0.3, 0.4) is 0 Å². The predicted octanol–water partition coefficient (Wildman–Crippen LogP) is 2.77. The van der Waals surface area contributed by atoms with Crippen molar-refractivity contribution in [2.75, 3.05) is 11.9 Å². The summed E-state index contributed by atoms with van der Waals surface area (Å²) < 4.78 is 0. The quantitative estimate of drug-likeness (QED) is 0.888. The molecule has 0 unspecified atom stereocenters. The predicted molar refractivity (Wildman–Crippen MR) is 81.2 cm³/mol. The fourth-order valence-corrected chi connectivity index (χ4v) is 2.98. The number of carbonyl (C=O) groups excluding carboxylic acids is 1. The number of nitrogens with zero attached hydrogens (tertiary/aromatic N) is 1. The van der Waals surface area contributed by atoms with Crippen LogP contribution in [0.4, 0.5) is 5.13 Å². The minimum Gasteiger partial charge on any atom is -0.330 e. The van der Waals surface area contributed by atoms with E-state index in [2.05, 4.69) is 10.3 Å². The third-order valence-electron chi connectivity index (χ3n) is 3.41. The summed E-state index contributed by atoms with van der Waals surface area (Å²) in [7, 11) is 0. The Labute approximate surface area is 122 Å². The van der Waals surface area contributed by atoms with Gasteiger partial charge in [-0.15, -0.1) is 11.3 Å². The van der Waals surface area contributed by atoms with E-state index in [-0.39, 0.29) is 5.91 Å². The van der Waals surface area contributed by atoms with E-state index in [1.54, 1.807) is 0 Å². The fraction of sp³-hybridized carbons (Fsp3) is 0.333. The number of anilines is 1. The average molecular weight is 287 g/mol. The minimum absolute atomic E-state index is 0.106. The number of thiazole rings is 1. The first-order valence-corrected chi connectivity index (χ1v) is 7.70. The molecule has 1 heterocycles. The van der Waals surface area contributed by atoms with Gasteiger partial charge in [0, 0.05) is 16.9 Å². The van der Waals surface area contributed by atoms with Crippen molar-refractivity contribution in [3.8, 4) is 0 Å². The topological polar surface area (TPSA) is 68.0 Å². The molecule has 0 spiro atoms. The number of nitrogens with two attached hydrogens (primary N) is 1. The number of nitrogens with one attached hydrogen (secondary N) is 1. The monoisotopic (exact) mass is 287 g/mol. The smallest absolute Gasteiger partial charge is 0.257 e. The summed E-state index contributed by atoms with van der Waals surface area (Å²) in [6, 6.07) is 7.57. The molecule has 0 aliphatic heterocycles. The second-order valence-corrected chi connectivity index (χ2v) is 5.86. The van der Waals surface area contributed by atoms with Crippen LogP contribution in [0.5, 0.6) is 0 Å². The highest BCUT2D eigenvalue weighted by Crippen LogP contribution is 2.40. The lowest BCUT2D eigenvalue weighted by atomic mass is 10.0. The molecule has 1 saturated carbocycles. The van der Waals surface area contributed by atoms with Gasteiger partial charge in [-0.1, -0.05) is 18.2 Å². The van der Waals surface area contributed by atoms with Crippen molar-refractivity contribution in [3.63, 3.8) is 0 Å². The molecule has 1 amide bonds. The van der Waals surface area contributed by atoms with Crippen LogP contribution in [-0.4, -0.2) is 17.4 Å². The zero-order valence-electron chi connectivity index (χ0n) is 11.1. The summed E-state index contributed by atoms with van der Waals surface area (Å²) in [4.78, 5) is 16.8. The maximum Gasteiger partial charge on any atom is 0.257 e. The van der Waals surface area contributed by atoms with Gasteiger partial charge in [-0.2, -0.15) is 0 Å². The summed E-state index contributed by atoms with van der Waals surface area (Å²) in [5, 5.41) is 5.61. The Balaban J connectivity index is 1.74. The molecule has 0 saturated heterocycles. The second-order valence-electron chi connectivity index (χ2n) is 5.00. The first-order chi connectivity index (χ1) is 9.78. The normalized spacial score (nSPS) is 14.2. The maximum atomic E-state index is 12.3. The van der Waals surface area contributed by atoms with Crippen molar-refractivity contribution in [2.45, 2.75) is 25.2 Å². The van der Waals surface area contributed by atoms with Gasteiger partial charge in [-0.3, -0.25) is 10.1 Å². The van der Waals surface area contributed by atoms with E-state index in [1.807, 2.05) is 29.6 Å². The lowest BCUT2D eigenvalue weighted by Crippen LogP contribution is -2.15. The molecule has 1 aliphatic carbocycles. The first kappa shape index (κ1) is 13.3. The Hall–Kier alpha value is -1.72. The molecule has 104 valence electrons. The van der Waals surface area contributed by atoms with E-state index in [4.69, 9.17) is 5.73 Å². The van der Waals surface area contributed by atoms with Gasteiger partial charge in [0.25, 0.3) is 5.91 Å². The lowest BCUT2D eigenvalue weighted by Gasteiger charge is -2.07. The number of hydrogen-bond donors (Lipinski definition) is 2. The highest BCUT2D eigenvalue weighted by molar-refractivity contribution is 7.14. The number of hydrogen-bond acceptors (Lipinski definition) is 4. The third kappa shape index (κ3) is 2.89. The van der Waals surface area contributed by atoms with Gasteiger partial charge in [0.2, 0.25) is 0 Å². The Kier molecular flexibility index (Phi) is 3.80. The van der Waals surface area contributed by atoms with E-state index in [0.717, 1.165) is 11.3 Å². The molecular formula is C15H17N3OS. The van der Waals surface area contributed by atoms with E-state index >= 15 is 0 Å². The van der Waals surface area contributed by atoms with Crippen LogP contribution in [0, 0.1) is 0 Å². The van der Waals surface area contributed by atoms with Gasteiger partial charge in [0.15, 0.2) is 5.13 Å². The van der Waals surface area contributed by atoms with Crippen LogP contribution in [-0.2, 0) is 6.42 Å². The van der Waals surface area contributed by atoms with Crippen molar-refractivity contribution in [1.82, 2.24) is 4.98 Å². The molecule has 3 rings (SSSR count). The van der Waals surface area contributed by atoms with E-state index in [1.165, 1.54) is 24.2 Å². The van der Waals surface area contributed by atoms with Crippen LogP contribution in [0.1, 0.15) is 40.4 Å². The molecular weight excluding hydrogens is 270 g/mol. The van der Waals surface area contributed by atoms with Gasteiger partial charge < -0.3 is 5.73 Å². The van der Waals surface area contributed by atoms with E-state index < -0.39 is 0 Å². The summed E-state index contributed by atoms with van der Waals surface area (Å²) in [5.41, 5.74) is 8.36.